The van der Waals surface area contributed by atoms with E-state index >= 15 is 0 Å². The number of ketones is 2. The molecule has 0 spiro atoms. The number of allylic oxidation sites excluding steroid dienone is 1. The highest BCUT2D eigenvalue weighted by Crippen LogP contribution is 2.41. The molecule has 100 valence electrons. The van der Waals surface area contributed by atoms with E-state index in [1.165, 1.54) is 23.5 Å². The van der Waals surface area contributed by atoms with Crippen molar-refractivity contribution in [2.75, 3.05) is 0 Å². The minimum Gasteiger partial charge on any atom is -0.294 e. The van der Waals surface area contributed by atoms with E-state index in [1.54, 1.807) is 0 Å². The van der Waals surface area contributed by atoms with Crippen molar-refractivity contribution in [1.29, 1.82) is 0 Å². The molecule has 1 heterocycles. The molecule has 0 bridgehead atoms. The van der Waals surface area contributed by atoms with Gasteiger partial charge in [-0.15, -0.1) is 0 Å². The summed E-state index contributed by atoms with van der Waals surface area (Å²) in [4.78, 5) is 24.5. The summed E-state index contributed by atoms with van der Waals surface area (Å²) >= 11 is 2.96. The molecule has 0 amide bonds. The molecule has 0 aromatic carbocycles. The second-order valence-corrected chi connectivity index (χ2v) is 7.30. The van der Waals surface area contributed by atoms with E-state index in [0.29, 0.717) is 18.4 Å². The van der Waals surface area contributed by atoms with Gasteiger partial charge in [-0.3, -0.25) is 9.59 Å². The van der Waals surface area contributed by atoms with E-state index in [1.807, 2.05) is 38.5 Å². The third kappa shape index (κ3) is 4.65. The summed E-state index contributed by atoms with van der Waals surface area (Å²) in [6.45, 7) is 8.00. The first-order valence-electron chi connectivity index (χ1n) is 6.20. The summed E-state index contributed by atoms with van der Waals surface area (Å²) in [5.74, 6) is 0.553. The molecular weight excluding hydrogens is 264 g/mol. The quantitative estimate of drug-likeness (QED) is 0.412. The van der Waals surface area contributed by atoms with Crippen LogP contribution in [0.5, 0.6) is 0 Å². The standard InChI is InChI=1S/C14H20O2S2/c1-9(2)7-11(15)13(12(16)8-10(3)4)14-17-5-6-18-14/h5-6,9-10H,7-8H2,1-4H3. The molecule has 1 aliphatic heterocycles. The lowest BCUT2D eigenvalue weighted by atomic mass is 9.95. The van der Waals surface area contributed by atoms with Crippen LogP contribution >= 0.6 is 23.5 Å². The van der Waals surface area contributed by atoms with Crippen LogP contribution in [0.4, 0.5) is 0 Å². The van der Waals surface area contributed by atoms with Gasteiger partial charge in [0.2, 0.25) is 0 Å². The summed E-state index contributed by atoms with van der Waals surface area (Å²) in [6.07, 6.45) is 0.896. The highest BCUT2D eigenvalue weighted by atomic mass is 32.2. The first-order valence-corrected chi connectivity index (χ1v) is 7.96. The normalized spacial score (nSPS) is 14.7. The zero-order chi connectivity index (χ0) is 13.7. The maximum absolute atomic E-state index is 12.2. The van der Waals surface area contributed by atoms with Crippen molar-refractivity contribution >= 4 is 35.1 Å². The van der Waals surface area contributed by atoms with E-state index in [2.05, 4.69) is 0 Å². The molecule has 2 nitrogen and oxygen atoms in total. The van der Waals surface area contributed by atoms with Gasteiger partial charge in [-0.25, -0.2) is 0 Å². The van der Waals surface area contributed by atoms with Crippen molar-refractivity contribution < 1.29 is 9.59 Å². The maximum atomic E-state index is 12.2. The highest BCUT2D eigenvalue weighted by molar-refractivity contribution is 8.27. The van der Waals surface area contributed by atoms with Crippen LogP contribution in [0.25, 0.3) is 0 Å². The Bertz CT molecular complexity index is 359. The van der Waals surface area contributed by atoms with Crippen LogP contribution < -0.4 is 0 Å². The third-order valence-corrected chi connectivity index (χ3v) is 4.49. The summed E-state index contributed by atoms with van der Waals surface area (Å²) < 4.78 is 0.853. The predicted molar refractivity (Wildman–Crippen MR) is 80.3 cm³/mol. The van der Waals surface area contributed by atoms with Crippen molar-refractivity contribution in [3.8, 4) is 0 Å². The van der Waals surface area contributed by atoms with Gasteiger partial charge in [0.1, 0.15) is 0 Å². The first kappa shape index (κ1) is 15.6. The van der Waals surface area contributed by atoms with Gasteiger partial charge in [-0.05, 0) is 22.7 Å². The first-order chi connectivity index (χ1) is 8.41. The summed E-state index contributed by atoms with van der Waals surface area (Å²) in [5, 5.41) is 3.84. The van der Waals surface area contributed by atoms with Gasteiger partial charge >= 0.3 is 0 Å². The molecule has 0 saturated carbocycles. The third-order valence-electron chi connectivity index (χ3n) is 2.35. The Kier molecular flexibility index (Phi) is 6.22. The summed E-state index contributed by atoms with van der Waals surface area (Å²) in [6, 6.07) is 0. The lowest BCUT2D eigenvalue weighted by Gasteiger charge is -2.11. The van der Waals surface area contributed by atoms with Crippen molar-refractivity contribution in [3.63, 3.8) is 0 Å². The van der Waals surface area contributed by atoms with Gasteiger partial charge in [-0.2, -0.15) is 0 Å². The van der Waals surface area contributed by atoms with Crippen molar-refractivity contribution in [2.24, 2.45) is 11.8 Å². The molecule has 18 heavy (non-hydrogen) atoms. The van der Waals surface area contributed by atoms with Gasteiger partial charge in [0, 0.05) is 12.8 Å². The van der Waals surface area contributed by atoms with Crippen LogP contribution in [-0.2, 0) is 9.59 Å². The zero-order valence-corrected chi connectivity index (χ0v) is 13.0. The SMILES string of the molecule is CC(C)CC(=O)C(C(=O)CC(C)C)=C1SC=CS1. The Morgan fingerprint density at radius 1 is 0.944 bits per heavy atom. The minimum atomic E-state index is -0.00523. The molecule has 0 atom stereocenters. The molecule has 0 N–H and O–H groups in total. The molecule has 4 heteroatoms. The Hall–Kier alpha value is -0.480. The second kappa shape index (κ2) is 7.19. The number of hydrogen-bond acceptors (Lipinski definition) is 4. The van der Waals surface area contributed by atoms with Gasteiger partial charge in [0.25, 0.3) is 0 Å². The lowest BCUT2D eigenvalue weighted by Crippen LogP contribution is -2.17. The fourth-order valence-electron chi connectivity index (χ4n) is 1.65. The summed E-state index contributed by atoms with van der Waals surface area (Å²) in [7, 11) is 0. The highest BCUT2D eigenvalue weighted by Gasteiger charge is 2.25. The molecule has 1 rings (SSSR count). The fourth-order valence-corrected chi connectivity index (χ4v) is 3.59. The maximum Gasteiger partial charge on any atom is 0.168 e. The van der Waals surface area contributed by atoms with E-state index in [-0.39, 0.29) is 23.4 Å². The Labute approximate surface area is 118 Å². The van der Waals surface area contributed by atoms with Gasteiger partial charge in [-0.1, -0.05) is 51.2 Å². The van der Waals surface area contributed by atoms with Crippen LogP contribution in [0.2, 0.25) is 0 Å². The Morgan fingerprint density at radius 2 is 1.33 bits per heavy atom. The number of hydrogen-bond donors (Lipinski definition) is 0. The predicted octanol–water partition coefficient (Wildman–Crippen LogP) is 4.38. The van der Waals surface area contributed by atoms with Crippen molar-refractivity contribution in [2.45, 2.75) is 40.5 Å². The Balaban J connectivity index is 2.93. The van der Waals surface area contributed by atoms with Gasteiger partial charge in [0.15, 0.2) is 11.6 Å². The van der Waals surface area contributed by atoms with Crippen molar-refractivity contribution in [1.82, 2.24) is 0 Å². The molecule has 0 saturated heterocycles. The van der Waals surface area contributed by atoms with E-state index in [9.17, 15) is 9.59 Å². The van der Waals surface area contributed by atoms with Crippen molar-refractivity contribution in [3.05, 3.63) is 20.6 Å². The minimum absolute atomic E-state index is 0.00523. The lowest BCUT2D eigenvalue weighted by molar-refractivity contribution is -0.122. The average molecular weight is 284 g/mol. The smallest absolute Gasteiger partial charge is 0.168 e. The molecule has 0 radical (unpaired) electrons. The van der Waals surface area contributed by atoms with Crippen LogP contribution in [0.1, 0.15) is 40.5 Å². The van der Waals surface area contributed by atoms with E-state index in [0.717, 1.165) is 4.24 Å². The van der Waals surface area contributed by atoms with E-state index < -0.39 is 0 Å². The Morgan fingerprint density at radius 3 is 1.67 bits per heavy atom. The number of rotatable bonds is 6. The van der Waals surface area contributed by atoms with Crippen LogP contribution in [0, 0.1) is 11.8 Å². The molecular formula is C14H20O2S2. The topological polar surface area (TPSA) is 34.1 Å². The number of carbonyl (C=O) groups is 2. The molecule has 1 aliphatic rings. The van der Waals surface area contributed by atoms with E-state index in [4.69, 9.17) is 0 Å². The molecule has 0 aliphatic carbocycles. The molecule has 0 fully saturated rings. The van der Waals surface area contributed by atoms with Gasteiger partial charge < -0.3 is 0 Å². The molecule has 0 aromatic heterocycles. The fraction of sp³-hybridized carbons (Fsp3) is 0.571. The molecule has 0 aromatic rings. The number of Topliss-reactive ketones (excluding diaryl/α,β-unsaturated/α-hetero) is 2. The van der Waals surface area contributed by atoms with Crippen LogP contribution in [0.15, 0.2) is 20.6 Å². The number of carbonyl (C=O) groups excluding carboxylic acids is 2. The van der Waals surface area contributed by atoms with Gasteiger partial charge in [0.05, 0.1) is 9.81 Å². The van der Waals surface area contributed by atoms with Crippen LogP contribution in [0.3, 0.4) is 0 Å². The summed E-state index contributed by atoms with van der Waals surface area (Å²) in [5.41, 5.74) is 0.428. The molecule has 0 unspecified atom stereocenters. The second-order valence-electron chi connectivity index (χ2n) is 5.21. The largest absolute Gasteiger partial charge is 0.294 e. The monoisotopic (exact) mass is 284 g/mol. The number of thioether (sulfide) groups is 2. The zero-order valence-electron chi connectivity index (χ0n) is 11.4. The van der Waals surface area contributed by atoms with Crippen LogP contribution in [-0.4, -0.2) is 11.6 Å². The average Bonchev–Trinajstić information content (AvgIpc) is 2.68.